The van der Waals surface area contributed by atoms with Crippen molar-refractivity contribution in [1.29, 1.82) is 0 Å². The lowest BCUT2D eigenvalue weighted by Crippen LogP contribution is -2.51. The van der Waals surface area contributed by atoms with Crippen LogP contribution in [0.5, 0.6) is 0 Å². The average Bonchev–Trinajstić information content (AvgIpc) is 3.00. The Balaban J connectivity index is 1.53. The van der Waals surface area contributed by atoms with Crippen LogP contribution in [0.25, 0.3) is 0 Å². The molecule has 0 aromatic rings. The number of fused-ring (bicyclic) bond motifs is 5. The van der Waals surface area contributed by atoms with Crippen molar-refractivity contribution in [2.45, 2.75) is 118 Å². The van der Waals surface area contributed by atoms with E-state index in [-0.39, 0.29) is 6.10 Å². The average molecular weight is 401 g/mol. The van der Waals surface area contributed by atoms with E-state index in [1.807, 2.05) is 0 Å². The summed E-state index contributed by atoms with van der Waals surface area (Å²) in [5.74, 6) is 5.43. The monoisotopic (exact) mass is 400 g/mol. The number of hydrogen-bond donors (Lipinski definition) is 1. The van der Waals surface area contributed by atoms with Gasteiger partial charge >= 0.3 is 0 Å². The van der Waals surface area contributed by atoms with Crippen LogP contribution in [0, 0.1) is 46.3 Å². The molecule has 0 aliphatic heterocycles. The molecule has 0 amide bonds. The highest BCUT2D eigenvalue weighted by molar-refractivity contribution is 5.30. The van der Waals surface area contributed by atoms with E-state index < -0.39 is 0 Å². The van der Waals surface area contributed by atoms with E-state index in [0.29, 0.717) is 10.8 Å². The molecule has 0 saturated heterocycles. The first-order valence-electron chi connectivity index (χ1n) is 13.0. The van der Waals surface area contributed by atoms with Crippen LogP contribution in [-0.4, -0.2) is 11.2 Å². The van der Waals surface area contributed by atoms with Gasteiger partial charge in [0, 0.05) is 0 Å². The minimum atomic E-state index is -0.0824. The summed E-state index contributed by atoms with van der Waals surface area (Å²) in [4.78, 5) is 0. The van der Waals surface area contributed by atoms with E-state index >= 15 is 0 Å². The Morgan fingerprint density at radius 3 is 2.41 bits per heavy atom. The molecule has 0 bridgehead atoms. The van der Waals surface area contributed by atoms with Gasteiger partial charge in [0.1, 0.15) is 0 Å². The van der Waals surface area contributed by atoms with E-state index in [2.05, 4.69) is 41.5 Å². The van der Waals surface area contributed by atoms with E-state index in [9.17, 15) is 5.11 Å². The second kappa shape index (κ2) is 7.99. The minimum absolute atomic E-state index is 0.0824. The SMILES string of the molecule is CC1=C2C[C@@H](O)CC[C@]2(C)[C@H]2CC[C@]3(C)[C@@H]([C@H](C)CCCC(C)C)CC[C@H]3[C@@H]2C1. The third kappa shape index (κ3) is 3.66. The molecule has 0 heterocycles. The van der Waals surface area contributed by atoms with Crippen molar-refractivity contribution in [3.05, 3.63) is 11.1 Å². The molecule has 0 aromatic carbocycles. The van der Waals surface area contributed by atoms with E-state index in [1.165, 1.54) is 57.8 Å². The van der Waals surface area contributed by atoms with Crippen molar-refractivity contribution in [3.8, 4) is 0 Å². The number of aliphatic hydroxyl groups excluding tert-OH is 1. The van der Waals surface area contributed by atoms with E-state index in [4.69, 9.17) is 0 Å². The lowest BCUT2D eigenvalue weighted by Gasteiger charge is -2.59. The fourth-order valence-corrected chi connectivity index (χ4v) is 9.12. The summed E-state index contributed by atoms with van der Waals surface area (Å²) in [5.41, 5.74) is 4.29. The molecule has 1 nitrogen and oxygen atoms in total. The molecule has 4 rings (SSSR count). The molecule has 3 saturated carbocycles. The van der Waals surface area contributed by atoms with Gasteiger partial charge in [0.25, 0.3) is 0 Å². The Labute approximate surface area is 181 Å². The smallest absolute Gasteiger partial charge is 0.0577 e. The first-order chi connectivity index (χ1) is 13.7. The summed E-state index contributed by atoms with van der Waals surface area (Å²) in [7, 11) is 0. The summed E-state index contributed by atoms with van der Waals surface area (Å²) >= 11 is 0. The molecule has 0 spiro atoms. The van der Waals surface area contributed by atoms with Gasteiger partial charge in [0.2, 0.25) is 0 Å². The molecule has 1 heteroatoms. The molecular weight excluding hydrogens is 352 g/mol. The zero-order valence-corrected chi connectivity index (χ0v) is 20.3. The fraction of sp³-hybridized carbons (Fsp3) is 0.929. The molecule has 0 aromatic heterocycles. The lowest BCUT2D eigenvalue weighted by atomic mass is 9.46. The van der Waals surface area contributed by atoms with Crippen LogP contribution in [0.3, 0.4) is 0 Å². The normalized spacial score (nSPS) is 45.7. The Hall–Kier alpha value is -0.300. The minimum Gasteiger partial charge on any atom is -0.393 e. The van der Waals surface area contributed by atoms with Crippen molar-refractivity contribution < 1.29 is 5.11 Å². The maximum Gasteiger partial charge on any atom is 0.0577 e. The summed E-state index contributed by atoms with van der Waals surface area (Å²) in [6, 6.07) is 0. The van der Waals surface area contributed by atoms with Gasteiger partial charge in [-0.2, -0.15) is 0 Å². The zero-order chi connectivity index (χ0) is 21.0. The molecule has 166 valence electrons. The van der Waals surface area contributed by atoms with Gasteiger partial charge in [-0.05, 0) is 105 Å². The topological polar surface area (TPSA) is 20.2 Å². The summed E-state index contributed by atoms with van der Waals surface area (Å²) in [5, 5.41) is 10.3. The standard InChI is InChI=1S/C28H48O/c1-18(2)8-7-9-19(3)23-10-11-24-22-16-20(4)26-17-21(29)12-14-28(26,6)25(22)13-15-27(23,24)5/h18-19,21-25,29H,7-17H2,1-6H3/t19-,21+,22+,23-,24+,25+,27-,28-/m1/s1. The van der Waals surface area contributed by atoms with Gasteiger partial charge in [0.15, 0.2) is 0 Å². The highest BCUT2D eigenvalue weighted by Crippen LogP contribution is 2.68. The predicted molar refractivity (Wildman–Crippen MR) is 124 cm³/mol. The van der Waals surface area contributed by atoms with Crippen molar-refractivity contribution in [3.63, 3.8) is 0 Å². The number of aliphatic hydroxyl groups is 1. The molecule has 4 aliphatic rings. The Kier molecular flexibility index (Phi) is 6.04. The third-order valence-corrected chi connectivity index (χ3v) is 10.6. The predicted octanol–water partition coefficient (Wildman–Crippen LogP) is 7.78. The highest BCUT2D eigenvalue weighted by Gasteiger charge is 2.59. The van der Waals surface area contributed by atoms with Gasteiger partial charge in [-0.15, -0.1) is 0 Å². The lowest BCUT2D eigenvalue weighted by molar-refractivity contribution is -0.0595. The van der Waals surface area contributed by atoms with Gasteiger partial charge in [-0.25, -0.2) is 0 Å². The molecule has 1 N–H and O–H groups in total. The van der Waals surface area contributed by atoms with Crippen LogP contribution >= 0.6 is 0 Å². The summed E-state index contributed by atoms with van der Waals surface area (Å²) in [6.45, 7) is 15.0. The van der Waals surface area contributed by atoms with Gasteiger partial charge < -0.3 is 5.11 Å². The van der Waals surface area contributed by atoms with Crippen molar-refractivity contribution in [2.24, 2.45) is 46.3 Å². The van der Waals surface area contributed by atoms with Crippen LogP contribution in [0.2, 0.25) is 0 Å². The number of allylic oxidation sites excluding steroid dienone is 1. The van der Waals surface area contributed by atoms with Crippen LogP contribution in [0.4, 0.5) is 0 Å². The van der Waals surface area contributed by atoms with Crippen molar-refractivity contribution in [1.82, 2.24) is 0 Å². The second-order valence-corrected chi connectivity index (χ2v) is 12.7. The number of rotatable bonds is 5. The van der Waals surface area contributed by atoms with Crippen LogP contribution in [0.1, 0.15) is 112 Å². The van der Waals surface area contributed by atoms with Crippen molar-refractivity contribution in [2.75, 3.05) is 0 Å². The van der Waals surface area contributed by atoms with Gasteiger partial charge in [0.05, 0.1) is 6.10 Å². The molecule has 0 radical (unpaired) electrons. The maximum atomic E-state index is 10.3. The zero-order valence-electron chi connectivity index (χ0n) is 20.3. The second-order valence-electron chi connectivity index (χ2n) is 12.7. The Morgan fingerprint density at radius 1 is 0.931 bits per heavy atom. The molecule has 3 fully saturated rings. The van der Waals surface area contributed by atoms with Crippen LogP contribution in [0.15, 0.2) is 11.1 Å². The largest absolute Gasteiger partial charge is 0.393 e. The first kappa shape index (κ1) is 21.9. The summed E-state index contributed by atoms with van der Waals surface area (Å²) in [6.07, 6.45) is 14.6. The quantitative estimate of drug-likeness (QED) is 0.467. The van der Waals surface area contributed by atoms with Gasteiger partial charge in [-0.1, -0.05) is 65.0 Å². The van der Waals surface area contributed by atoms with E-state index in [0.717, 1.165) is 48.3 Å². The van der Waals surface area contributed by atoms with Crippen LogP contribution in [-0.2, 0) is 0 Å². The molecular formula is C28H48O. The molecule has 0 unspecified atom stereocenters. The maximum absolute atomic E-state index is 10.3. The molecule has 8 atom stereocenters. The Morgan fingerprint density at radius 2 is 1.69 bits per heavy atom. The summed E-state index contributed by atoms with van der Waals surface area (Å²) < 4.78 is 0. The van der Waals surface area contributed by atoms with Crippen molar-refractivity contribution >= 4 is 0 Å². The number of hydrogen-bond acceptors (Lipinski definition) is 1. The highest BCUT2D eigenvalue weighted by atomic mass is 16.3. The first-order valence-corrected chi connectivity index (χ1v) is 13.0. The Bertz CT molecular complexity index is 632. The molecule has 4 aliphatic carbocycles. The fourth-order valence-electron chi connectivity index (χ4n) is 9.12. The molecule has 29 heavy (non-hydrogen) atoms. The van der Waals surface area contributed by atoms with Gasteiger partial charge in [-0.3, -0.25) is 0 Å². The third-order valence-electron chi connectivity index (χ3n) is 10.6. The van der Waals surface area contributed by atoms with E-state index in [1.54, 1.807) is 11.1 Å². The van der Waals surface area contributed by atoms with Crippen LogP contribution < -0.4 is 0 Å².